The first-order valence-corrected chi connectivity index (χ1v) is 9.59. The Labute approximate surface area is 150 Å². The fraction of sp³-hybridized carbons (Fsp3) is 0.600. The Morgan fingerprint density at radius 2 is 1.68 bits per heavy atom. The molecule has 0 bridgehead atoms. The number of urea groups is 1. The Kier molecular flexibility index (Phi) is 5.95. The van der Waals surface area contributed by atoms with E-state index in [2.05, 4.69) is 17.6 Å². The van der Waals surface area contributed by atoms with Gasteiger partial charge in [-0.05, 0) is 43.7 Å². The summed E-state index contributed by atoms with van der Waals surface area (Å²) < 4.78 is 0. The van der Waals surface area contributed by atoms with E-state index in [1.54, 1.807) is 12.1 Å². The summed E-state index contributed by atoms with van der Waals surface area (Å²) in [6.45, 7) is 3.82. The second kappa shape index (κ2) is 8.37. The van der Waals surface area contributed by atoms with Crippen molar-refractivity contribution in [3.05, 3.63) is 29.8 Å². The highest BCUT2D eigenvalue weighted by molar-refractivity contribution is 6.03. The van der Waals surface area contributed by atoms with Crippen molar-refractivity contribution in [2.45, 2.75) is 57.9 Å². The molecule has 5 heteroatoms. The number of anilines is 1. The predicted octanol–water partition coefficient (Wildman–Crippen LogP) is 4.01. The maximum Gasteiger partial charge on any atom is 0.319 e. The van der Waals surface area contributed by atoms with Crippen molar-refractivity contribution in [1.29, 1.82) is 0 Å². The van der Waals surface area contributed by atoms with Gasteiger partial charge in [-0.3, -0.25) is 4.79 Å². The number of amides is 3. The van der Waals surface area contributed by atoms with E-state index >= 15 is 0 Å². The van der Waals surface area contributed by atoms with E-state index in [0.717, 1.165) is 38.8 Å². The molecule has 0 spiro atoms. The van der Waals surface area contributed by atoms with Crippen molar-refractivity contribution in [2.75, 3.05) is 18.4 Å². The first kappa shape index (κ1) is 17.8. The second-order valence-corrected chi connectivity index (χ2v) is 7.45. The van der Waals surface area contributed by atoms with Gasteiger partial charge in [0.05, 0.1) is 11.3 Å². The van der Waals surface area contributed by atoms with Crippen LogP contribution in [-0.2, 0) is 0 Å². The molecule has 1 saturated carbocycles. The van der Waals surface area contributed by atoms with Gasteiger partial charge in [-0.1, -0.05) is 38.3 Å². The molecule has 1 aliphatic carbocycles. The van der Waals surface area contributed by atoms with Crippen LogP contribution in [0.25, 0.3) is 0 Å². The molecule has 2 aliphatic rings. The molecule has 2 fully saturated rings. The summed E-state index contributed by atoms with van der Waals surface area (Å²) in [6, 6.07) is 7.35. The molecule has 1 aromatic carbocycles. The zero-order chi connectivity index (χ0) is 17.6. The van der Waals surface area contributed by atoms with E-state index in [1.165, 1.54) is 19.3 Å². The third kappa shape index (κ3) is 4.74. The lowest BCUT2D eigenvalue weighted by molar-refractivity contribution is 0.0698. The number of benzene rings is 1. The number of nitrogens with one attached hydrogen (secondary N) is 2. The standard InChI is InChI=1S/C20H29N3O2/c1-15-11-13-23(14-12-15)19(24)17-9-5-6-10-18(17)22-20(25)21-16-7-3-2-4-8-16/h5-6,9-10,15-16H,2-4,7-8,11-14H2,1H3,(H2,21,22,25). The molecule has 136 valence electrons. The van der Waals surface area contributed by atoms with Crippen molar-refractivity contribution >= 4 is 17.6 Å². The maximum atomic E-state index is 12.9. The monoisotopic (exact) mass is 343 g/mol. The van der Waals surface area contributed by atoms with Crippen molar-refractivity contribution < 1.29 is 9.59 Å². The first-order chi connectivity index (χ1) is 12.1. The van der Waals surface area contributed by atoms with Crippen molar-refractivity contribution in [3.63, 3.8) is 0 Å². The highest BCUT2D eigenvalue weighted by Gasteiger charge is 2.24. The van der Waals surface area contributed by atoms with Gasteiger partial charge in [0.2, 0.25) is 0 Å². The number of para-hydroxylation sites is 1. The van der Waals surface area contributed by atoms with Crippen LogP contribution in [0, 0.1) is 5.92 Å². The summed E-state index contributed by atoms with van der Waals surface area (Å²) >= 11 is 0. The summed E-state index contributed by atoms with van der Waals surface area (Å²) in [5.41, 5.74) is 1.18. The minimum atomic E-state index is -0.209. The molecule has 2 N–H and O–H groups in total. The minimum Gasteiger partial charge on any atom is -0.339 e. The Morgan fingerprint density at radius 3 is 2.40 bits per heavy atom. The van der Waals surface area contributed by atoms with E-state index in [-0.39, 0.29) is 18.0 Å². The number of hydrogen-bond acceptors (Lipinski definition) is 2. The number of rotatable bonds is 3. The van der Waals surface area contributed by atoms with Gasteiger partial charge >= 0.3 is 6.03 Å². The van der Waals surface area contributed by atoms with Crippen molar-refractivity contribution in [1.82, 2.24) is 10.2 Å². The van der Waals surface area contributed by atoms with Crippen molar-refractivity contribution in [3.8, 4) is 0 Å². The summed E-state index contributed by atoms with van der Waals surface area (Å²) in [4.78, 5) is 27.1. The highest BCUT2D eigenvalue weighted by atomic mass is 16.2. The number of carbonyl (C=O) groups excluding carboxylic acids is 2. The van der Waals surface area contributed by atoms with Crippen LogP contribution in [0.15, 0.2) is 24.3 Å². The van der Waals surface area contributed by atoms with E-state index in [0.29, 0.717) is 17.2 Å². The zero-order valence-corrected chi connectivity index (χ0v) is 15.1. The van der Waals surface area contributed by atoms with Gasteiger partial charge in [0.1, 0.15) is 0 Å². The molecule has 3 amide bonds. The normalized spacial score (nSPS) is 19.5. The van der Waals surface area contributed by atoms with E-state index in [1.807, 2.05) is 17.0 Å². The number of nitrogens with zero attached hydrogens (tertiary/aromatic N) is 1. The third-order valence-electron chi connectivity index (χ3n) is 5.42. The van der Waals surface area contributed by atoms with Gasteiger partial charge in [-0.15, -0.1) is 0 Å². The lowest BCUT2D eigenvalue weighted by Gasteiger charge is -2.31. The Hall–Kier alpha value is -2.04. The van der Waals surface area contributed by atoms with Gasteiger partial charge in [-0.2, -0.15) is 0 Å². The topological polar surface area (TPSA) is 61.4 Å². The lowest BCUT2D eigenvalue weighted by Crippen LogP contribution is -2.40. The molecule has 25 heavy (non-hydrogen) atoms. The summed E-state index contributed by atoms with van der Waals surface area (Å²) in [7, 11) is 0. The van der Waals surface area contributed by atoms with Crippen LogP contribution in [0.2, 0.25) is 0 Å². The fourth-order valence-electron chi connectivity index (χ4n) is 3.75. The number of carbonyl (C=O) groups is 2. The average molecular weight is 343 g/mol. The second-order valence-electron chi connectivity index (χ2n) is 7.45. The van der Waals surface area contributed by atoms with Gasteiger partial charge in [0.15, 0.2) is 0 Å². The average Bonchev–Trinajstić information content (AvgIpc) is 2.63. The number of likely N-dealkylation sites (tertiary alicyclic amines) is 1. The van der Waals surface area contributed by atoms with Gasteiger partial charge in [0.25, 0.3) is 5.91 Å². The molecular formula is C20H29N3O2. The molecule has 0 unspecified atom stereocenters. The first-order valence-electron chi connectivity index (χ1n) is 9.59. The summed E-state index contributed by atoms with van der Waals surface area (Å²) in [6.07, 6.45) is 7.78. The minimum absolute atomic E-state index is 0.0143. The van der Waals surface area contributed by atoms with Gasteiger partial charge in [-0.25, -0.2) is 4.79 Å². The molecule has 1 aromatic rings. The third-order valence-corrected chi connectivity index (χ3v) is 5.42. The van der Waals surface area contributed by atoms with Gasteiger partial charge < -0.3 is 15.5 Å². The molecule has 1 heterocycles. The SMILES string of the molecule is CC1CCN(C(=O)c2ccccc2NC(=O)NC2CCCCC2)CC1. The Morgan fingerprint density at radius 1 is 1.00 bits per heavy atom. The maximum absolute atomic E-state index is 12.9. The van der Waals surface area contributed by atoms with Crippen LogP contribution in [0.4, 0.5) is 10.5 Å². The number of hydrogen-bond donors (Lipinski definition) is 2. The zero-order valence-electron chi connectivity index (χ0n) is 15.1. The van der Waals surface area contributed by atoms with Crippen LogP contribution in [0.1, 0.15) is 62.2 Å². The Bertz CT molecular complexity index is 603. The molecule has 1 aliphatic heterocycles. The van der Waals surface area contributed by atoms with Crippen LogP contribution < -0.4 is 10.6 Å². The van der Waals surface area contributed by atoms with Crippen molar-refractivity contribution in [2.24, 2.45) is 5.92 Å². The summed E-state index contributed by atoms with van der Waals surface area (Å²) in [5, 5.41) is 5.93. The van der Waals surface area contributed by atoms with E-state index < -0.39 is 0 Å². The van der Waals surface area contributed by atoms with Crippen LogP contribution >= 0.6 is 0 Å². The molecule has 0 aromatic heterocycles. The highest BCUT2D eigenvalue weighted by Crippen LogP contribution is 2.22. The largest absolute Gasteiger partial charge is 0.339 e. The van der Waals surface area contributed by atoms with E-state index in [9.17, 15) is 9.59 Å². The smallest absolute Gasteiger partial charge is 0.319 e. The number of piperidine rings is 1. The van der Waals surface area contributed by atoms with Gasteiger partial charge in [0, 0.05) is 19.1 Å². The van der Waals surface area contributed by atoms with Crippen LogP contribution in [0.5, 0.6) is 0 Å². The lowest BCUT2D eigenvalue weighted by atomic mass is 9.96. The fourth-order valence-corrected chi connectivity index (χ4v) is 3.75. The molecular weight excluding hydrogens is 314 g/mol. The molecule has 3 rings (SSSR count). The summed E-state index contributed by atoms with van der Waals surface area (Å²) in [5.74, 6) is 0.694. The molecule has 1 saturated heterocycles. The van der Waals surface area contributed by atoms with Crippen LogP contribution in [0.3, 0.4) is 0 Å². The van der Waals surface area contributed by atoms with E-state index in [4.69, 9.17) is 0 Å². The quantitative estimate of drug-likeness (QED) is 0.871. The molecule has 5 nitrogen and oxygen atoms in total. The Balaban J connectivity index is 1.63. The molecule has 0 radical (unpaired) electrons. The molecule has 0 atom stereocenters. The predicted molar refractivity (Wildman–Crippen MR) is 99.8 cm³/mol. The van der Waals surface area contributed by atoms with Crippen LogP contribution in [-0.4, -0.2) is 36.0 Å².